The minimum absolute atomic E-state index is 0.123. The van der Waals surface area contributed by atoms with E-state index in [1.54, 1.807) is 54.6 Å². The molecule has 0 radical (unpaired) electrons. The summed E-state index contributed by atoms with van der Waals surface area (Å²) in [5.41, 5.74) is 1.10. The Morgan fingerprint density at radius 1 is 1.15 bits per heavy atom. The zero-order valence-corrected chi connectivity index (χ0v) is 16.5. The van der Waals surface area contributed by atoms with Crippen molar-refractivity contribution >= 4 is 37.4 Å². The van der Waals surface area contributed by atoms with Gasteiger partial charge in [-0.1, -0.05) is 15.9 Å². The summed E-state index contributed by atoms with van der Waals surface area (Å²) in [6, 6.07) is 13.5. The third-order valence-electron chi connectivity index (χ3n) is 3.98. The highest BCUT2D eigenvalue weighted by Crippen LogP contribution is 2.27. The average molecular weight is 436 g/mol. The monoisotopic (exact) mass is 435 g/mol. The van der Waals surface area contributed by atoms with Gasteiger partial charge in [0.2, 0.25) is 0 Å². The second-order valence-corrected chi connectivity index (χ2v) is 8.68. The molecule has 1 aliphatic heterocycles. The fraction of sp³-hybridized carbons (Fsp3) is 0.211. The third-order valence-corrected chi connectivity index (χ3v) is 5.89. The molecule has 0 aliphatic carbocycles. The molecule has 7 heteroatoms. The van der Waals surface area contributed by atoms with Crippen LogP contribution in [0.1, 0.15) is 17.3 Å². The SMILES string of the molecule is CCOc1ccc(N(C(=O)c2ccc(Br)cc2)[C@@H]2C=CS(=O)(=O)C2)cc1. The van der Waals surface area contributed by atoms with Crippen LogP contribution in [-0.2, 0) is 9.84 Å². The minimum atomic E-state index is -3.29. The lowest BCUT2D eigenvalue weighted by Gasteiger charge is -2.28. The highest BCUT2D eigenvalue weighted by molar-refractivity contribution is 9.10. The lowest BCUT2D eigenvalue weighted by molar-refractivity contribution is 0.0983. The first-order valence-corrected chi connectivity index (χ1v) is 10.6. The van der Waals surface area contributed by atoms with E-state index in [1.807, 2.05) is 6.92 Å². The minimum Gasteiger partial charge on any atom is -0.494 e. The van der Waals surface area contributed by atoms with Crippen molar-refractivity contribution in [1.29, 1.82) is 0 Å². The second-order valence-electron chi connectivity index (χ2n) is 5.83. The molecule has 0 aromatic heterocycles. The Kier molecular flexibility index (Phi) is 5.48. The van der Waals surface area contributed by atoms with Crippen LogP contribution < -0.4 is 9.64 Å². The Labute approximate surface area is 161 Å². The number of hydrogen-bond donors (Lipinski definition) is 0. The average Bonchev–Trinajstić information content (AvgIpc) is 2.97. The summed E-state index contributed by atoms with van der Waals surface area (Å²) in [5, 5.41) is 1.17. The van der Waals surface area contributed by atoms with E-state index in [9.17, 15) is 13.2 Å². The molecular weight excluding hydrogens is 418 g/mol. The molecule has 26 heavy (non-hydrogen) atoms. The number of amides is 1. The maximum Gasteiger partial charge on any atom is 0.258 e. The van der Waals surface area contributed by atoms with Crippen molar-refractivity contribution in [2.24, 2.45) is 0 Å². The molecule has 0 saturated heterocycles. The maximum absolute atomic E-state index is 13.1. The van der Waals surface area contributed by atoms with E-state index in [4.69, 9.17) is 4.74 Å². The summed E-state index contributed by atoms with van der Waals surface area (Å²) < 4.78 is 30.0. The Balaban J connectivity index is 1.97. The largest absolute Gasteiger partial charge is 0.494 e. The number of hydrogen-bond acceptors (Lipinski definition) is 4. The van der Waals surface area contributed by atoms with Crippen molar-refractivity contribution < 1.29 is 17.9 Å². The van der Waals surface area contributed by atoms with Gasteiger partial charge < -0.3 is 9.64 Å². The van der Waals surface area contributed by atoms with Gasteiger partial charge in [0.15, 0.2) is 9.84 Å². The second kappa shape index (κ2) is 7.63. The number of anilines is 1. The van der Waals surface area contributed by atoms with Gasteiger partial charge in [0, 0.05) is 21.1 Å². The number of carbonyl (C=O) groups is 1. The third kappa shape index (κ3) is 4.16. The number of rotatable bonds is 5. The summed E-state index contributed by atoms with van der Waals surface area (Å²) in [4.78, 5) is 14.6. The first kappa shape index (κ1) is 18.7. The highest BCUT2D eigenvalue weighted by Gasteiger charge is 2.32. The van der Waals surface area contributed by atoms with Crippen LogP contribution >= 0.6 is 15.9 Å². The molecular formula is C19H18BrNO4S. The summed E-state index contributed by atoms with van der Waals surface area (Å²) in [6.45, 7) is 2.44. The van der Waals surface area contributed by atoms with Gasteiger partial charge in [0.25, 0.3) is 5.91 Å². The summed E-state index contributed by atoms with van der Waals surface area (Å²) in [6.07, 6.45) is 1.56. The first-order valence-electron chi connectivity index (χ1n) is 8.12. The van der Waals surface area contributed by atoms with Crippen molar-refractivity contribution in [1.82, 2.24) is 0 Å². The molecule has 136 valence electrons. The molecule has 0 spiro atoms. The van der Waals surface area contributed by atoms with E-state index in [-0.39, 0.29) is 11.7 Å². The number of ether oxygens (including phenoxy) is 1. The smallest absolute Gasteiger partial charge is 0.258 e. The van der Waals surface area contributed by atoms with Crippen LogP contribution in [0.15, 0.2) is 64.5 Å². The van der Waals surface area contributed by atoms with Gasteiger partial charge in [-0.05, 0) is 61.5 Å². The van der Waals surface area contributed by atoms with Crippen LogP contribution in [0.2, 0.25) is 0 Å². The molecule has 0 fully saturated rings. The van der Waals surface area contributed by atoms with Crippen LogP contribution in [-0.4, -0.2) is 32.7 Å². The molecule has 2 aromatic carbocycles. The van der Waals surface area contributed by atoms with Crippen LogP contribution in [0.25, 0.3) is 0 Å². The Morgan fingerprint density at radius 3 is 2.35 bits per heavy atom. The Morgan fingerprint density at radius 2 is 1.81 bits per heavy atom. The van der Waals surface area contributed by atoms with Crippen molar-refractivity contribution in [2.45, 2.75) is 13.0 Å². The topological polar surface area (TPSA) is 63.7 Å². The number of sulfone groups is 1. The lowest BCUT2D eigenvalue weighted by atomic mass is 10.1. The molecule has 5 nitrogen and oxygen atoms in total. The standard InChI is InChI=1S/C19H18BrNO4S/c1-2-25-18-9-7-16(8-10-18)21(17-11-12-26(23,24)13-17)19(22)14-3-5-15(20)6-4-14/h3-12,17H,2,13H2,1H3/t17-/m1/s1. The molecule has 2 aromatic rings. The van der Waals surface area contributed by atoms with Crippen LogP contribution in [0.3, 0.4) is 0 Å². The van der Waals surface area contributed by atoms with Gasteiger partial charge in [0.05, 0.1) is 18.4 Å². The molecule has 1 amide bonds. The van der Waals surface area contributed by atoms with Crippen molar-refractivity contribution in [3.63, 3.8) is 0 Å². The van der Waals surface area contributed by atoms with Crippen LogP contribution in [0.5, 0.6) is 5.75 Å². The molecule has 0 saturated carbocycles. The van der Waals surface area contributed by atoms with E-state index in [0.29, 0.717) is 23.6 Å². The fourth-order valence-electron chi connectivity index (χ4n) is 2.78. The molecule has 1 atom stereocenters. The van der Waals surface area contributed by atoms with Gasteiger partial charge in [-0.3, -0.25) is 4.79 Å². The lowest BCUT2D eigenvalue weighted by Crippen LogP contribution is -2.41. The predicted octanol–water partition coefficient (Wildman–Crippen LogP) is 3.81. The van der Waals surface area contributed by atoms with Crippen molar-refractivity contribution in [3.05, 3.63) is 70.1 Å². The van der Waals surface area contributed by atoms with Gasteiger partial charge in [-0.15, -0.1) is 0 Å². The number of benzene rings is 2. The fourth-order valence-corrected chi connectivity index (χ4v) is 4.31. The molecule has 1 heterocycles. The van der Waals surface area contributed by atoms with E-state index in [2.05, 4.69) is 15.9 Å². The summed E-state index contributed by atoms with van der Waals surface area (Å²) in [5.74, 6) is 0.318. The molecule has 3 rings (SSSR count). The van der Waals surface area contributed by atoms with Crippen molar-refractivity contribution in [2.75, 3.05) is 17.3 Å². The molecule has 0 N–H and O–H groups in total. The summed E-state index contributed by atoms with van der Waals surface area (Å²) in [7, 11) is -3.29. The van der Waals surface area contributed by atoms with E-state index < -0.39 is 15.9 Å². The Hall–Kier alpha value is -2.12. The van der Waals surface area contributed by atoms with Crippen molar-refractivity contribution in [3.8, 4) is 5.75 Å². The van der Waals surface area contributed by atoms with E-state index in [1.165, 1.54) is 10.3 Å². The van der Waals surface area contributed by atoms with E-state index >= 15 is 0 Å². The Bertz CT molecular complexity index is 921. The maximum atomic E-state index is 13.1. The zero-order valence-electron chi connectivity index (χ0n) is 14.1. The molecule has 0 bridgehead atoms. The van der Waals surface area contributed by atoms with Crippen LogP contribution in [0, 0.1) is 0 Å². The first-order chi connectivity index (χ1) is 12.4. The summed E-state index contributed by atoms with van der Waals surface area (Å²) >= 11 is 3.35. The highest BCUT2D eigenvalue weighted by atomic mass is 79.9. The van der Waals surface area contributed by atoms with Gasteiger partial charge >= 0.3 is 0 Å². The van der Waals surface area contributed by atoms with Gasteiger partial charge in [-0.25, -0.2) is 8.42 Å². The molecule has 1 aliphatic rings. The van der Waals surface area contributed by atoms with Crippen LogP contribution in [0.4, 0.5) is 5.69 Å². The van der Waals surface area contributed by atoms with Gasteiger partial charge in [0.1, 0.15) is 5.75 Å². The quantitative estimate of drug-likeness (QED) is 0.715. The number of carbonyl (C=O) groups excluding carboxylic acids is 1. The normalized spacial score (nSPS) is 17.8. The number of halogens is 1. The predicted molar refractivity (Wildman–Crippen MR) is 105 cm³/mol. The van der Waals surface area contributed by atoms with E-state index in [0.717, 1.165) is 4.47 Å². The van der Waals surface area contributed by atoms with Gasteiger partial charge in [-0.2, -0.15) is 0 Å². The number of nitrogens with zero attached hydrogens (tertiary/aromatic N) is 1. The molecule has 0 unspecified atom stereocenters. The zero-order chi connectivity index (χ0) is 18.7.